The Morgan fingerprint density at radius 1 is 0.733 bits per heavy atom. The summed E-state index contributed by atoms with van der Waals surface area (Å²) in [6, 6.07) is 6.84. The monoisotopic (exact) mass is 620 g/mol. The number of fused-ring (bicyclic) bond motifs is 4. The summed E-state index contributed by atoms with van der Waals surface area (Å²) >= 11 is 0. The van der Waals surface area contributed by atoms with Crippen molar-refractivity contribution in [2.75, 3.05) is 28.4 Å². The molecule has 4 aromatic carbocycles. The maximum absolute atomic E-state index is 12.5. The maximum Gasteiger partial charge on any atom is 0.303 e. The molecule has 0 bridgehead atoms. The van der Waals surface area contributed by atoms with Gasteiger partial charge in [0, 0.05) is 52.1 Å². The van der Waals surface area contributed by atoms with E-state index in [-0.39, 0.29) is 24.7 Å². The first kappa shape index (κ1) is 30.6. The SMILES string of the molecule is COc1cc(OC)c2c(O)c3c(c(-c4c5c(c(O)c6c(OC)cc(OC)cc46)CO[C@@H](C)[C@H]5OC(C)=O)c2c1)[C@@H](O)[C@H](C)OC3. The lowest BCUT2D eigenvalue weighted by atomic mass is 9.77. The van der Waals surface area contributed by atoms with Gasteiger partial charge in [0.15, 0.2) is 6.10 Å². The number of methoxy groups -OCH3 is 4. The van der Waals surface area contributed by atoms with E-state index in [1.807, 2.05) is 0 Å². The van der Waals surface area contributed by atoms with Crippen LogP contribution in [0.3, 0.4) is 0 Å². The highest BCUT2D eigenvalue weighted by Crippen LogP contribution is 2.57. The molecular weight excluding hydrogens is 584 g/mol. The summed E-state index contributed by atoms with van der Waals surface area (Å²) < 4.78 is 40.7. The van der Waals surface area contributed by atoms with Gasteiger partial charge in [-0.3, -0.25) is 4.79 Å². The largest absolute Gasteiger partial charge is 0.507 e. The van der Waals surface area contributed by atoms with Crippen molar-refractivity contribution in [1.82, 2.24) is 0 Å². The van der Waals surface area contributed by atoms with Gasteiger partial charge in [-0.15, -0.1) is 0 Å². The number of benzene rings is 4. The van der Waals surface area contributed by atoms with Gasteiger partial charge >= 0.3 is 5.97 Å². The van der Waals surface area contributed by atoms with Crippen LogP contribution in [0.2, 0.25) is 0 Å². The second-order valence-electron chi connectivity index (χ2n) is 11.2. The van der Waals surface area contributed by atoms with Crippen molar-refractivity contribution in [3.05, 3.63) is 46.5 Å². The second kappa shape index (κ2) is 11.5. The molecule has 0 unspecified atom stereocenters. The summed E-state index contributed by atoms with van der Waals surface area (Å²) in [5, 5.41) is 37.1. The molecule has 2 aliphatic heterocycles. The Kier molecular flexibility index (Phi) is 7.80. The van der Waals surface area contributed by atoms with Crippen LogP contribution < -0.4 is 18.9 Å². The molecule has 2 heterocycles. The van der Waals surface area contributed by atoms with Crippen LogP contribution in [0.25, 0.3) is 32.7 Å². The summed E-state index contributed by atoms with van der Waals surface area (Å²) in [7, 11) is 6.02. The van der Waals surface area contributed by atoms with Crippen LogP contribution in [0.15, 0.2) is 24.3 Å². The Morgan fingerprint density at radius 3 is 1.67 bits per heavy atom. The zero-order valence-electron chi connectivity index (χ0n) is 26.1. The van der Waals surface area contributed by atoms with Gasteiger partial charge in [0.05, 0.1) is 64.6 Å². The number of phenols is 2. The van der Waals surface area contributed by atoms with Crippen LogP contribution in [0.5, 0.6) is 34.5 Å². The van der Waals surface area contributed by atoms with Crippen molar-refractivity contribution in [3.8, 4) is 45.6 Å². The van der Waals surface area contributed by atoms with E-state index in [1.165, 1.54) is 35.4 Å². The molecule has 0 saturated carbocycles. The van der Waals surface area contributed by atoms with Crippen LogP contribution in [0.4, 0.5) is 0 Å². The number of carbonyl (C=O) groups is 1. The second-order valence-corrected chi connectivity index (χ2v) is 11.2. The minimum atomic E-state index is -1.17. The first-order valence-electron chi connectivity index (χ1n) is 14.5. The highest BCUT2D eigenvalue weighted by Gasteiger charge is 2.41. The normalized spacial score (nSPS) is 20.8. The molecule has 0 radical (unpaired) electrons. The Balaban J connectivity index is 1.95. The topological polar surface area (TPSA) is 142 Å². The molecular formula is C34H36O11. The molecule has 4 aromatic rings. The maximum atomic E-state index is 12.5. The molecule has 11 heteroatoms. The Labute approximate surface area is 259 Å². The van der Waals surface area contributed by atoms with E-state index >= 15 is 0 Å². The molecule has 0 amide bonds. The van der Waals surface area contributed by atoms with Gasteiger partial charge in [-0.1, -0.05) is 0 Å². The standard InChI is InChI=1S/C34H36O11/c1-14-31(36)29-21(12-43-14)32(37)25-19(8-17(39-4)10-23(25)41-6)27(29)28-20-9-18(40-5)11-24(42-7)26(20)33(38)22-13-44-15(2)34(30(22)28)45-16(3)35/h8-11,14-15,31,34,36-38H,12-13H2,1-7H3/t14-,15-,31-,34+/m0/s1. The van der Waals surface area contributed by atoms with Crippen molar-refractivity contribution < 1.29 is 53.3 Å². The molecule has 238 valence electrons. The van der Waals surface area contributed by atoms with Crippen LogP contribution in [0.1, 0.15) is 55.2 Å². The Morgan fingerprint density at radius 2 is 1.20 bits per heavy atom. The van der Waals surface area contributed by atoms with Crippen molar-refractivity contribution >= 4 is 27.5 Å². The van der Waals surface area contributed by atoms with E-state index in [0.29, 0.717) is 77.9 Å². The van der Waals surface area contributed by atoms with Gasteiger partial charge in [-0.05, 0) is 37.1 Å². The Hall–Kier alpha value is -4.45. The first-order valence-corrected chi connectivity index (χ1v) is 14.5. The molecule has 0 spiro atoms. The van der Waals surface area contributed by atoms with Crippen molar-refractivity contribution in [2.24, 2.45) is 0 Å². The van der Waals surface area contributed by atoms with Crippen molar-refractivity contribution in [3.63, 3.8) is 0 Å². The molecule has 45 heavy (non-hydrogen) atoms. The smallest absolute Gasteiger partial charge is 0.303 e. The zero-order valence-corrected chi connectivity index (χ0v) is 26.1. The fourth-order valence-corrected chi connectivity index (χ4v) is 6.65. The van der Waals surface area contributed by atoms with Crippen LogP contribution in [-0.2, 0) is 32.2 Å². The summed E-state index contributed by atoms with van der Waals surface area (Å²) in [4.78, 5) is 12.5. The molecule has 4 atom stereocenters. The van der Waals surface area contributed by atoms with E-state index < -0.39 is 30.4 Å². The molecule has 6 rings (SSSR count). The lowest BCUT2D eigenvalue weighted by Crippen LogP contribution is -2.30. The van der Waals surface area contributed by atoms with Crippen LogP contribution in [-0.4, -0.2) is 61.9 Å². The number of phenolic OH excluding ortho intramolecular Hbond substituents is 2. The third-order valence-corrected chi connectivity index (χ3v) is 8.81. The summed E-state index contributed by atoms with van der Waals surface area (Å²) in [6.45, 7) is 4.86. The average Bonchev–Trinajstić information content (AvgIpc) is 3.03. The van der Waals surface area contributed by atoms with Crippen molar-refractivity contribution in [2.45, 2.75) is 58.4 Å². The predicted octanol–water partition coefficient (Wildman–Crippen LogP) is 5.58. The van der Waals surface area contributed by atoms with Gasteiger partial charge in [0.1, 0.15) is 40.6 Å². The number of aliphatic hydroxyl groups is 1. The number of carbonyl (C=O) groups excluding carboxylic acids is 1. The quantitative estimate of drug-likeness (QED) is 0.233. The predicted molar refractivity (Wildman–Crippen MR) is 164 cm³/mol. The fraction of sp³-hybridized carbons (Fsp3) is 0.382. The lowest BCUT2D eigenvalue weighted by Gasteiger charge is -2.37. The summed E-state index contributed by atoms with van der Waals surface area (Å²) in [6.07, 6.45) is -3.35. The highest BCUT2D eigenvalue weighted by molar-refractivity contribution is 6.15. The first-order chi connectivity index (χ1) is 21.6. The van der Waals surface area contributed by atoms with Gasteiger partial charge in [0.25, 0.3) is 0 Å². The molecule has 0 fully saturated rings. The van der Waals surface area contributed by atoms with Crippen LogP contribution in [0, 0.1) is 0 Å². The molecule has 0 aromatic heterocycles. The fourth-order valence-electron chi connectivity index (χ4n) is 6.65. The van der Waals surface area contributed by atoms with Crippen LogP contribution >= 0.6 is 0 Å². The number of ether oxygens (including phenoxy) is 7. The molecule has 3 N–H and O–H groups in total. The molecule has 2 aliphatic rings. The number of rotatable bonds is 6. The molecule has 0 saturated heterocycles. The Bertz CT molecular complexity index is 1850. The number of hydrogen-bond donors (Lipinski definition) is 3. The third-order valence-electron chi connectivity index (χ3n) is 8.81. The number of esters is 1. The summed E-state index contributed by atoms with van der Waals surface area (Å²) in [5.74, 6) is 0.798. The van der Waals surface area contributed by atoms with Gasteiger partial charge in [0.2, 0.25) is 0 Å². The third kappa shape index (κ3) is 4.65. The minimum absolute atomic E-state index is 0.00510. The van der Waals surface area contributed by atoms with E-state index in [1.54, 1.807) is 38.1 Å². The number of hydrogen-bond acceptors (Lipinski definition) is 11. The molecule has 11 nitrogen and oxygen atoms in total. The molecule has 0 aliphatic carbocycles. The van der Waals surface area contributed by atoms with E-state index in [4.69, 9.17) is 33.2 Å². The van der Waals surface area contributed by atoms with E-state index in [9.17, 15) is 20.1 Å². The van der Waals surface area contributed by atoms with E-state index in [2.05, 4.69) is 0 Å². The zero-order chi connectivity index (χ0) is 32.3. The summed E-state index contributed by atoms with van der Waals surface area (Å²) in [5.41, 5.74) is 2.73. The number of aromatic hydroxyl groups is 2. The van der Waals surface area contributed by atoms with E-state index in [0.717, 1.165) is 0 Å². The van der Waals surface area contributed by atoms with Gasteiger partial charge in [-0.2, -0.15) is 0 Å². The minimum Gasteiger partial charge on any atom is -0.507 e. The lowest BCUT2D eigenvalue weighted by molar-refractivity contribution is -0.157. The van der Waals surface area contributed by atoms with Crippen molar-refractivity contribution in [1.29, 1.82) is 0 Å². The number of aliphatic hydroxyl groups excluding tert-OH is 1. The van der Waals surface area contributed by atoms with Gasteiger partial charge < -0.3 is 48.5 Å². The average molecular weight is 621 g/mol. The van der Waals surface area contributed by atoms with Gasteiger partial charge in [-0.25, -0.2) is 0 Å². The highest BCUT2D eigenvalue weighted by atomic mass is 16.6.